The van der Waals surface area contributed by atoms with Crippen LogP contribution in [0.1, 0.15) is 18.5 Å². The van der Waals surface area contributed by atoms with Crippen LogP contribution in [0.3, 0.4) is 0 Å². The van der Waals surface area contributed by atoms with Gasteiger partial charge in [0, 0.05) is 6.54 Å². The lowest BCUT2D eigenvalue weighted by Crippen LogP contribution is -2.46. The number of primary amides is 1. The molecular formula is C14H19N3O4. The summed E-state index contributed by atoms with van der Waals surface area (Å²) in [6.07, 6.45) is 0. The van der Waals surface area contributed by atoms with Gasteiger partial charge in [0.1, 0.15) is 12.6 Å². The first-order chi connectivity index (χ1) is 9.99. The van der Waals surface area contributed by atoms with E-state index in [1.165, 1.54) is 12.0 Å². The van der Waals surface area contributed by atoms with Crippen molar-refractivity contribution in [2.75, 3.05) is 20.2 Å². The Labute approximate surface area is 123 Å². The lowest BCUT2D eigenvalue weighted by Gasteiger charge is -2.25. The van der Waals surface area contributed by atoms with Gasteiger partial charge in [0.15, 0.2) is 0 Å². The number of nitrogens with one attached hydrogen (secondary N) is 1. The molecule has 3 amide bonds. The predicted octanol–water partition coefficient (Wildman–Crippen LogP) is 0.418. The molecular weight excluding hydrogens is 274 g/mol. The van der Waals surface area contributed by atoms with E-state index in [2.05, 4.69) is 10.1 Å². The van der Waals surface area contributed by atoms with Crippen LogP contribution in [0.5, 0.6) is 0 Å². The summed E-state index contributed by atoms with van der Waals surface area (Å²) in [4.78, 5) is 36.3. The number of nitrogens with two attached hydrogens (primary N) is 1. The topological polar surface area (TPSA) is 102 Å². The van der Waals surface area contributed by atoms with Gasteiger partial charge >= 0.3 is 12.0 Å². The van der Waals surface area contributed by atoms with Gasteiger partial charge in [-0.25, -0.2) is 4.79 Å². The van der Waals surface area contributed by atoms with Gasteiger partial charge in [0.25, 0.3) is 0 Å². The summed E-state index contributed by atoms with van der Waals surface area (Å²) in [5.41, 5.74) is 5.71. The van der Waals surface area contributed by atoms with Crippen LogP contribution in [0.4, 0.5) is 4.79 Å². The highest BCUT2D eigenvalue weighted by molar-refractivity contribution is 5.89. The molecule has 0 saturated heterocycles. The maximum atomic E-state index is 12.5. The number of hydrogen-bond acceptors (Lipinski definition) is 4. The van der Waals surface area contributed by atoms with Crippen molar-refractivity contribution in [2.45, 2.75) is 13.0 Å². The second kappa shape index (κ2) is 7.88. The fourth-order valence-corrected chi connectivity index (χ4v) is 1.82. The normalized spacial score (nSPS) is 11.3. The first kappa shape index (κ1) is 16.5. The van der Waals surface area contributed by atoms with Crippen molar-refractivity contribution in [3.63, 3.8) is 0 Å². The molecule has 0 spiro atoms. The first-order valence-electron chi connectivity index (χ1n) is 6.46. The summed E-state index contributed by atoms with van der Waals surface area (Å²) in [5.74, 6) is -0.955. The minimum atomic E-state index is -0.937. The minimum absolute atomic E-state index is 0.185. The van der Waals surface area contributed by atoms with Crippen molar-refractivity contribution in [2.24, 2.45) is 5.73 Å². The van der Waals surface area contributed by atoms with E-state index in [-0.39, 0.29) is 6.54 Å². The predicted molar refractivity (Wildman–Crippen MR) is 76.2 cm³/mol. The monoisotopic (exact) mass is 293 g/mol. The fourth-order valence-electron chi connectivity index (χ4n) is 1.82. The molecule has 0 bridgehead atoms. The van der Waals surface area contributed by atoms with E-state index in [1.54, 1.807) is 37.3 Å². The van der Waals surface area contributed by atoms with E-state index in [4.69, 9.17) is 5.73 Å². The van der Waals surface area contributed by atoms with Gasteiger partial charge in [-0.15, -0.1) is 0 Å². The number of amides is 3. The number of rotatable bonds is 6. The van der Waals surface area contributed by atoms with Gasteiger partial charge in [-0.3, -0.25) is 9.59 Å². The third-order valence-corrected chi connectivity index (χ3v) is 2.91. The molecule has 1 aromatic carbocycles. The molecule has 0 aliphatic rings. The van der Waals surface area contributed by atoms with Crippen molar-refractivity contribution in [1.82, 2.24) is 10.2 Å². The van der Waals surface area contributed by atoms with Crippen LogP contribution in [0.15, 0.2) is 30.3 Å². The lowest BCUT2D eigenvalue weighted by atomic mass is 10.1. The van der Waals surface area contributed by atoms with Crippen molar-refractivity contribution >= 4 is 17.9 Å². The Hall–Kier alpha value is -2.57. The number of likely N-dealkylation sites (N-methyl/N-ethyl adjacent to an activating group) is 1. The molecule has 114 valence electrons. The van der Waals surface area contributed by atoms with Gasteiger partial charge in [-0.05, 0) is 12.5 Å². The number of carbonyl (C=O) groups excluding carboxylic acids is 3. The Kier molecular flexibility index (Phi) is 6.19. The number of carbonyl (C=O) groups is 3. The SMILES string of the molecule is CCN(CC(=O)OC)C(=O)C(NC(N)=O)c1ccccc1. The van der Waals surface area contributed by atoms with Crippen LogP contribution in [-0.4, -0.2) is 43.0 Å². The number of hydrogen-bond donors (Lipinski definition) is 2. The third-order valence-electron chi connectivity index (χ3n) is 2.91. The Morgan fingerprint density at radius 3 is 2.38 bits per heavy atom. The van der Waals surface area contributed by atoms with Crippen LogP contribution in [-0.2, 0) is 14.3 Å². The second-order valence-corrected chi connectivity index (χ2v) is 4.28. The largest absolute Gasteiger partial charge is 0.468 e. The van der Waals surface area contributed by atoms with Crippen LogP contribution < -0.4 is 11.1 Å². The summed E-state index contributed by atoms with van der Waals surface area (Å²) in [7, 11) is 1.25. The number of methoxy groups -OCH3 is 1. The Morgan fingerprint density at radius 1 is 1.29 bits per heavy atom. The standard InChI is InChI=1S/C14H19N3O4/c1-3-17(9-11(18)21-2)13(19)12(16-14(15)20)10-7-5-4-6-8-10/h4-8,12H,3,9H2,1-2H3,(H3,15,16,20). The van der Waals surface area contributed by atoms with Crippen molar-refractivity contribution < 1.29 is 19.1 Å². The van der Waals surface area contributed by atoms with Crippen LogP contribution in [0.25, 0.3) is 0 Å². The van der Waals surface area contributed by atoms with Crippen molar-refractivity contribution in [3.05, 3.63) is 35.9 Å². The number of urea groups is 1. The number of benzene rings is 1. The average Bonchev–Trinajstić information content (AvgIpc) is 2.50. The minimum Gasteiger partial charge on any atom is -0.468 e. The van der Waals surface area contributed by atoms with E-state index in [1.807, 2.05) is 0 Å². The molecule has 0 saturated carbocycles. The Balaban J connectivity index is 2.98. The van der Waals surface area contributed by atoms with Crippen molar-refractivity contribution in [3.8, 4) is 0 Å². The Morgan fingerprint density at radius 2 is 1.90 bits per heavy atom. The fraction of sp³-hybridized carbons (Fsp3) is 0.357. The van der Waals surface area contributed by atoms with Gasteiger partial charge in [-0.2, -0.15) is 0 Å². The molecule has 0 radical (unpaired) electrons. The number of esters is 1. The molecule has 7 heteroatoms. The number of nitrogens with zero attached hydrogens (tertiary/aromatic N) is 1. The van der Waals surface area contributed by atoms with Gasteiger partial charge in [0.2, 0.25) is 5.91 Å². The number of ether oxygens (including phenoxy) is 1. The molecule has 7 nitrogen and oxygen atoms in total. The first-order valence-corrected chi connectivity index (χ1v) is 6.46. The highest BCUT2D eigenvalue weighted by Gasteiger charge is 2.27. The maximum Gasteiger partial charge on any atom is 0.325 e. The van der Waals surface area contributed by atoms with Gasteiger partial charge < -0.3 is 20.7 Å². The zero-order valence-electron chi connectivity index (χ0n) is 12.0. The molecule has 1 aromatic rings. The maximum absolute atomic E-state index is 12.5. The highest BCUT2D eigenvalue weighted by Crippen LogP contribution is 2.15. The highest BCUT2D eigenvalue weighted by atomic mass is 16.5. The van der Waals surface area contributed by atoms with E-state index < -0.39 is 23.9 Å². The van der Waals surface area contributed by atoms with E-state index >= 15 is 0 Å². The average molecular weight is 293 g/mol. The molecule has 0 heterocycles. The summed E-state index contributed by atoms with van der Waals surface area (Å²) >= 11 is 0. The van der Waals surface area contributed by atoms with E-state index in [0.29, 0.717) is 12.1 Å². The van der Waals surface area contributed by atoms with Crippen LogP contribution in [0.2, 0.25) is 0 Å². The van der Waals surface area contributed by atoms with E-state index in [9.17, 15) is 14.4 Å². The molecule has 0 aliphatic heterocycles. The molecule has 0 aliphatic carbocycles. The third kappa shape index (κ3) is 4.79. The molecule has 1 atom stereocenters. The summed E-state index contributed by atoms with van der Waals surface area (Å²) < 4.78 is 4.55. The molecule has 0 aromatic heterocycles. The zero-order valence-corrected chi connectivity index (χ0v) is 12.0. The van der Waals surface area contributed by atoms with E-state index in [0.717, 1.165) is 0 Å². The molecule has 0 fully saturated rings. The Bertz CT molecular complexity index is 504. The molecule has 1 unspecified atom stereocenters. The zero-order chi connectivity index (χ0) is 15.8. The molecule has 3 N–H and O–H groups in total. The quantitative estimate of drug-likeness (QED) is 0.742. The lowest BCUT2D eigenvalue weighted by molar-refractivity contribution is -0.147. The van der Waals surface area contributed by atoms with Gasteiger partial charge in [0.05, 0.1) is 7.11 Å². The van der Waals surface area contributed by atoms with Crippen LogP contribution in [0, 0.1) is 0 Å². The smallest absolute Gasteiger partial charge is 0.325 e. The second-order valence-electron chi connectivity index (χ2n) is 4.28. The van der Waals surface area contributed by atoms with Crippen molar-refractivity contribution in [1.29, 1.82) is 0 Å². The van der Waals surface area contributed by atoms with Crippen LogP contribution >= 0.6 is 0 Å². The summed E-state index contributed by atoms with van der Waals surface area (Å²) in [6.45, 7) is 1.85. The summed E-state index contributed by atoms with van der Waals surface area (Å²) in [5, 5.41) is 2.40. The molecule has 21 heavy (non-hydrogen) atoms. The molecule has 1 rings (SSSR count). The summed E-state index contributed by atoms with van der Waals surface area (Å²) in [6, 6.07) is 6.93. The van der Waals surface area contributed by atoms with Gasteiger partial charge in [-0.1, -0.05) is 30.3 Å².